The molecular formula is C27H35F2NO3. The molecule has 0 amide bonds. The molecule has 0 fully saturated rings. The van der Waals surface area contributed by atoms with Crippen LogP contribution in [0.1, 0.15) is 77.7 Å². The lowest BCUT2D eigenvalue weighted by Gasteiger charge is -2.37. The molecule has 3 unspecified atom stereocenters. The lowest BCUT2D eigenvalue weighted by molar-refractivity contribution is -0.236. The molecule has 1 aliphatic carbocycles. The Morgan fingerprint density at radius 1 is 1.12 bits per heavy atom. The van der Waals surface area contributed by atoms with E-state index in [2.05, 4.69) is 6.92 Å². The highest BCUT2D eigenvalue weighted by molar-refractivity contribution is 5.81. The topological polar surface area (TPSA) is 59.3 Å². The number of nitriles is 1. The number of carbonyl (C=O) groups excluding carboxylic acids is 1. The fourth-order valence-electron chi connectivity index (χ4n) is 3.69. The fourth-order valence-corrected chi connectivity index (χ4v) is 3.69. The molecule has 0 spiro atoms. The third kappa shape index (κ3) is 6.74. The second kappa shape index (κ2) is 12.6. The average molecular weight is 460 g/mol. The van der Waals surface area contributed by atoms with Crippen LogP contribution < -0.4 is 0 Å². The van der Waals surface area contributed by atoms with E-state index < -0.39 is 29.2 Å². The van der Waals surface area contributed by atoms with E-state index in [9.17, 15) is 10.1 Å². The molecule has 0 saturated heterocycles. The van der Waals surface area contributed by atoms with Crippen molar-refractivity contribution in [3.8, 4) is 6.07 Å². The van der Waals surface area contributed by atoms with Crippen LogP contribution in [0.2, 0.25) is 0 Å². The molecule has 0 N–H and O–H groups in total. The molecule has 1 aromatic carbocycles. The summed E-state index contributed by atoms with van der Waals surface area (Å²) < 4.78 is 42.1. The van der Waals surface area contributed by atoms with E-state index >= 15 is 8.78 Å². The molecule has 4 nitrogen and oxygen atoms in total. The van der Waals surface area contributed by atoms with Gasteiger partial charge in [-0.2, -0.15) is 5.26 Å². The van der Waals surface area contributed by atoms with Gasteiger partial charge in [-0.05, 0) is 37.5 Å². The van der Waals surface area contributed by atoms with Crippen molar-refractivity contribution in [1.82, 2.24) is 0 Å². The van der Waals surface area contributed by atoms with E-state index in [4.69, 9.17) is 9.47 Å². The highest BCUT2D eigenvalue weighted by atomic mass is 19.2. The minimum absolute atomic E-state index is 0.0790. The van der Waals surface area contributed by atoms with Crippen LogP contribution >= 0.6 is 0 Å². The Bertz CT molecular complexity index is 877. The molecule has 0 bridgehead atoms. The van der Waals surface area contributed by atoms with Gasteiger partial charge in [-0.25, -0.2) is 8.78 Å². The zero-order valence-electron chi connectivity index (χ0n) is 19.9. The molecule has 1 aliphatic rings. The summed E-state index contributed by atoms with van der Waals surface area (Å²) in [4.78, 5) is 13.0. The number of nitrogens with zero attached hydrogens (tertiary/aromatic N) is 1. The van der Waals surface area contributed by atoms with Gasteiger partial charge < -0.3 is 9.47 Å². The Morgan fingerprint density at radius 2 is 1.79 bits per heavy atom. The standard InChI is InChI=1S/C27H35F2NO3/c1-4-6-8-9-13-19-32-27(33-25(31)26(3,20-30)17-7-5-2)18-16-22(23(28)24(27)29)21-14-11-10-12-15-21/h10-12,14-16,18,24H,4-9,13,17,19H2,1-3H3. The van der Waals surface area contributed by atoms with Gasteiger partial charge >= 0.3 is 5.97 Å². The Kier molecular flexibility index (Phi) is 10.2. The summed E-state index contributed by atoms with van der Waals surface area (Å²) >= 11 is 0. The van der Waals surface area contributed by atoms with E-state index in [1.165, 1.54) is 19.1 Å². The van der Waals surface area contributed by atoms with Crippen LogP contribution in [0, 0.1) is 16.7 Å². The quantitative estimate of drug-likeness (QED) is 0.177. The first-order chi connectivity index (χ1) is 15.8. The van der Waals surface area contributed by atoms with Gasteiger partial charge in [-0.15, -0.1) is 0 Å². The van der Waals surface area contributed by atoms with Crippen LogP contribution in [0.3, 0.4) is 0 Å². The van der Waals surface area contributed by atoms with Crippen molar-refractivity contribution >= 4 is 11.5 Å². The van der Waals surface area contributed by atoms with Crippen LogP contribution in [0.4, 0.5) is 8.78 Å². The number of rotatable bonds is 13. The van der Waals surface area contributed by atoms with Crippen molar-refractivity contribution in [2.75, 3.05) is 6.61 Å². The van der Waals surface area contributed by atoms with Crippen LogP contribution in [0.25, 0.3) is 5.57 Å². The van der Waals surface area contributed by atoms with E-state index in [-0.39, 0.29) is 18.6 Å². The molecule has 2 rings (SSSR count). The van der Waals surface area contributed by atoms with Gasteiger partial charge in [0.15, 0.2) is 5.41 Å². The second-order valence-corrected chi connectivity index (χ2v) is 8.74. The van der Waals surface area contributed by atoms with Crippen molar-refractivity contribution in [1.29, 1.82) is 5.26 Å². The number of alkyl halides is 1. The SMILES string of the molecule is CCCCCCCOC1(OC(=O)C(C)(C#N)CCCC)C=CC(c2ccccc2)=C(F)C1F. The molecule has 33 heavy (non-hydrogen) atoms. The predicted molar refractivity (Wildman–Crippen MR) is 125 cm³/mol. The maximum atomic E-state index is 15.6. The minimum Gasteiger partial charge on any atom is -0.424 e. The summed E-state index contributed by atoms with van der Waals surface area (Å²) in [5.41, 5.74) is -0.880. The molecule has 180 valence electrons. The van der Waals surface area contributed by atoms with Gasteiger partial charge in [0.1, 0.15) is 5.83 Å². The lowest BCUT2D eigenvalue weighted by Crippen LogP contribution is -2.49. The van der Waals surface area contributed by atoms with Crippen molar-refractivity contribution in [2.24, 2.45) is 5.41 Å². The molecule has 0 aliphatic heterocycles. The van der Waals surface area contributed by atoms with Gasteiger partial charge in [0.05, 0.1) is 12.7 Å². The van der Waals surface area contributed by atoms with Gasteiger partial charge in [-0.1, -0.05) is 82.7 Å². The first-order valence-corrected chi connectivity index (χ1v) is 11.9. The average Bonchev–Trinajstić information content (AvgIpc) is 2.83. The Hall–Kier alpha value is -2.52. The second-order valence-electron chi connectivity index (χ2n) is 8.74. The first kappa shape index (κ1) is 26.7. The highest BCUT2D eigenvalue weighted by Crippen LogP contribution is 2.40. The number of allylic oxidation sites excluding steroid dienone is 2. The fraction of sp³-hybridized carbons (Fsp3) is 0.556. The molecule has 0 heterocycles. The summed E-state index contributed by atoms with van der Waals surface area (Å²) in [6, 6.07) is 10.6. The maximum absolute atomic E-state index is 15.6. The number of benzene rings is 1. The Balaban J connectivity index is 2.29. The van der Waals surface area contributed by atoms with Gasteiger partial charge in [0, 0.05) is 5.57 Å². The first-order valence-electron chi connectivity index (χ1n) is 11.9. The third-order valence-electron chi connectivity index (χ3n) is 5.96. The van der Waals surface area contributed by atoms with Crippen LogP contribution in [-0.2, 0) is 14.3 Å². The normalized spacial score (nSPS) is 22.0. The van der Waals surface area contributed by atoms with Gasteiger partial charge in [0.2, 0.25) is 6.17 Å². The Morgan fingerprint density at radius 3 is 2.42 bits per heavy atom. The number of hydrogen-bond donors (Lipinski definition) is 0. The van der Waals surface area contributed by atoms with E-state index in [0.29, 0.717) is 18.4 Å². The smallest absolute Gasteiger partial charge is 0.329 e. The monoisotopic (exact) mass is 459 g/mol. The molecule has 6 heteroatoms. The number of hydrogen-bond acceptors (Lipinski definition) is 4. The summed E-state index contributed by atoms with van der Waals surface area (Å²) in [5, 5.41) is 9.61. The van der Waals surface area contributed by atoms with Crippen molar-refractivity contribution in [3.05, 3.63) is 53.9 Å². The predicted octanol–water partition coefficient (Wildman–Crippen LogP) is 7.22. The van der Waals surface area contributed by atoms with Crippen LogP contribution in [0.5, 0.6) is 0 Å². The van der Waals surface area contributed by atoms with E-state index in [1.807, 2.05) is 13.0 Å². The number of halogens is 2. The third-order valence-corrected chi connectivity index (χ3v) is 5.96. The molecule has 1 aromatic rings. The largest absolute Gasteiger partial charge is 0.424 e. The van der Waals surface area contributed by atoms with Crippen molar-refractivity contribution in [3.63, 3.8) is 0 Å². The van der Waals surface area contributed by atoms with E-state index in [0.717, 1.165) is 32.1 Å². The zero-order chi connectivity index (χ0) is 24.3. The summed E-state index contributed by atoms with van der Waals surface area (Å²) in [7, 11) is 0. The number of esters is 1. The van der Waals surface area contributed by atoms with Gasteiger partial charge in [-0.3, -0.25) is 4.79 Å². The van der Waals surface area contributed by atoms with Crippen molar-refractivity contribution in [2.45, 2.75) is 84.1 Å². The molecule has 0 aromatic heterocycles. The maximum Gasteiger partial charge on any atom is 0.329 e. The summed E-state index contributed by atoms with van der Waals surface area (Å²) in [5.74, 6) is -4.21. The number of ether oxygens (including phenoxy) is 2. The number of unbranched alkanes of at least 4 members (excludes halogenated alkanes) is 5. The van der Waals surface area contributed by atoms with E-state index in [1.54, 1.807) is 30.3 Å². The molecule has 0 saturated carbocycles. The van der Waals surface area contributed by atoms with Gasteiger partial charge in [0.25, 0.3) is 5.79 Å². The molecule has 3 atom stereocenters. The number of carbonyl (C=O) groups is 1. The lowest BCUT2D eigenvalue weighted by atomic mass is 9.86. The minimum atomic E-state index is -2.34. The van der Waals surface area contributed by atoms with Crippen molar-refractivity contribution < 1.29 is 23.0 Å². The summed E-state index contributed by atoms with van der Waals surface area (Å²) in [6.45, 7) is 5.62. The molecule has 0 radical (unpaired) electrons. The molecular weight excluding hydrogens is 424 g/mol. The zero-order valence-corrected chi connectivity index (χ0v) is 19.9. The summed E-state index contributed by atoms with van der Waals surface area (Å²) in [6.07, 6.45) is 6.68. The Labute approximate surface area is 196 Å². The van der Waals surface area contributed by atoms with Crippen LogP contribution in [0.15, 0.2) is 48.3 Å². The highest BCUT2D eigenvalue weighted by Gasteiger charge is 2.51. The van der Waals surface area contributed by atoms with Crippen LogP contribution in [-0.4, -0.2) is 24.5 Å².